The number of anilines is 3. The molecule has 0 spiro atoms. The average Bonchev–Trinajstić information content (AvgIpc) is 1.68. The molecule has 1 aliphatic heterocycles. The maximum atomic E-state index is 12.2. The fourth-order valence-corrected chi connectivity index (χ4v) is 9.71. The summed E-state index contributed by atoms with van der Waals surface area (Å²) in [5.74, 6) is 1.08. The van der Waals surface area contributed by atoms with Gasteiger partial charge in [-0.15, -0.1) is 51.1 Å². The number of aromatic amines is 1. The molecular weight excluding hydrogens is 1230 g/mol. The highest BCUT2D eigenvalue weighted by Gasteiger charge is 2.23. The Morgan fingerprint density at radius 2 is 0.789 bits per heavy atom. The summed E-state index contributed by atoms with van der Waals surface area (Å²) in [5.41, 5.74) is 19.3. The third kappa shape index (κ3) is 16.5. The first kappa shape index (κ1) is 70.3. The van der Waals surface area contributed by atoms with E-state index in [0.717, 1.165) is 13.0 Å². The summed E-state index contributed by atoms with van der Waals surface area (Å²) in [6.07, 6.45) is 17.8. The summed E-state index contributed by atoms with van der Waals surface area (Å²) < 4.78 is 19.4. The molecule has 0 saturated heterocycles. The molecule has 0 bridgehead atoms. The number of hydrogen-bond donors (Lipinski definition) is 6. The van der Waals surface area contributed by atoms with Crippen molar-refractivity contribution < 1.29 is 19.3 Å². The van der Waals surface area contributed by atoms with Crippen LogP contribution in [0.15, 0.2) is 186 Å². The first-order valence-electron chi connectivity index (χ1n) is 30.4. The van der Waals surface area contributed by atoms with Crippen LogP contribution in [0.1, 0.15) is 61.8 Å². The van der Waals surface area contributed by atoms with Gasteiger partial charge in [0.2, 0.25) is 29.1 Å². The number of pyridine rings is 4. The van der Waals surface area contributed by atoms with Crippen LogP contribution in [0.3, 0.4) is 0 Å². The van der Waals surface area contributed by atoms with Gasteiger partial charge in [-0.25, -0.2) is 46.9 Å². The van der Waals surface area contributed by atoms with Gasteiger partial charge in [0.25, 0.3) is 27.8 Å². The largest absolute Gasteiger partial charge is 0.492 e. The van der Waals surface area contributed by atoms with Gasteiger partial charge in [-0.3, -0.25) is 48.0 Å². The van der Waals surface area contributed by atoms with Crippen molar-refractivity contribution >= 4 is 74.6 Å². The second kappa shape index (κ2) is 33.3. The molecule has 0 radical (unpaired) electrons. The molecule has 1 aliphatic rings. The molecule has 95 heavy (non-hydrogen) atoms. The van der Waals surface area contributed by atoms with E-state index in [1.807, 2.05) is 115 Å². The summed E-state index contributed by atoms with van der Waals surface area (Å²) in [4.78, 5) is 74.8. The normalized spacial score (nSPS) is 11.9. The van der Waals surface area contributed by atoms with Crippen LogP contribution in [-0.4, -0.2) is 77.0 Å². The van der Waals surface area contributed by atoms with E-state index in [4.69, 9.17) is 17.2 Å². The van der Waals surface area contributed by atoms with E-state index in [1.54, 1.807) is 95.6 Å². The molecule has 11 heterocycles. The van der Waals surface area contributed by atoms with Gasteiger partial charge in [0.1, 0.15) is 36.8 Å². The van der Waals surface area contributed by atoms with Crippen LogP contribution in [0.5, 0.6) is 11.8 Å². The van der Waals surface area contributed by atoms with E-state index >= 15 is 0 Å². The number of fused-ring (bicyclic) bond motifs is 1. The SMILES string of the molecule is CCn1c(N)c(N=Nc2ccc[n+](C)c2)c(=O)n1CC.CCn1c(N)c(N=Nc2cccnc2)c(=O)n1CC.CCn1c(O)c(N=Nc2ccc[n+](C)c2)c(=O)n1CC.CCn1c(O)c(N=Nc2cccnc2)c(=O)n1CC.Nc1c(N=Nc2ncc[nH]2)c(=O)n2n1CCC2. The van der Waals surface area contributed by atoms with E-state index in [-0.39, 0.29) is 68.0 Å². The van der Waals surface area contributed by atoms with Crippen molar-refractivity contribution in [1.29, 1.82) is 0 Å². The van der Waals surface area contributed by atoms with Crippen LogP contribution in [-0.2, 0) is 79.5 Å². The van der Waals surface area contributed by atoms with Crippen LogP contribution in [0, 0.1) is 0 Å². The van der Waals surface area contributed by atoms with Crippen molar-refractivity contribution in [3.63, 3.8) is 0 Å². The lowest BCUT2D eigenvalue weighted by Gasteiger charge is -2.07. The summed E-state index contributed by atoms with van der Waals surface area (Å²) in [5, 5.41) is 59.4. The van der Waals surface area contributed by atoms with Crippen molar-refractivity contribution in [2.45, 2.75) is 127 Å². The Morgan fingerprint density at radius 3 is 1.14 bits per heavy atom. The predicted molar refractivity (Wildman–Crippen MR) is 353 cm³/mol. The lowest BCUT2D eigenvalue weighted by molar-refractivity contribution is -0.671. The first-order valence-corrected chi connectivity index (χ1v) is 30.4. The Labute approximate surface area is 542 Å². The van der Waals surface area contributed by atoms with Crippen molar-refractivity contribution in [3.05, 3.63) is 162 Å². The third-order valence-electron chi connectivity index (χ3n) is 14.2. The molecule has 0 amide bonds. The van der Waals surface area contributed by atoms with Crippen molar-refractivity contribution in [3.8, 4) is 11.8 Å². The number of rotatable bonds is 18. The minimum absolute atomic E-state index is 0.0276. The Morgan fingerprint density at radius 1 is 0.432 bits per heavy atom. The second-order valence-electron chi connectivity index (χ2n) is 20.2. The number of nitrogens with one attached hydrogen (secondary N) is 1. The first-order chi connectivity index (χ1) is 45.8. The smallest absolute Gasteiger partial charge is 0.298 e. The minimum Gasteiger partial charge on any atom is -0.492 e. The van der Waals surface area contributed by atoms with Crippen LogP contribution in [0.25, 0.3) is 0 Å². The third-order valence-corrected chi connectivity index (χ3v) is 14.2. The lowest BCUT2D eigenvalue weighted by atomic mass is 10.4. The standard InChI is InChI=1S/C13H18N6O.C13H17N5O2.C12H16N6O.C12H15N5O2.C9H11N7O/c1-4-18-12(14)11(13(20)19(18)5-2)16-15-10-7-6-8-17(3)9-10;1-4-17-12(19)11(13(20)18(17)5-2)15-14-10-7-6-8-16(3)9-10;1-3-17-11(13)10(12(19)18(17)4-2)16-15-9-6-5-7-14-8-9;1-3-16-11(18)10(12(19)17(16)4-2)15-14-9-6-5-7-13-8-9;10-7-6(13-14-9-11-2-3-12-9)8(17)16-5-1-4-15(7)16/h6-9H,4-5H2,1-3H3,(H-,14,15,20);6-9H,4-5H2,1-3H3;5-8H,3-4,13H2,1-2H3;5-8,18H,3-4H2,1-2H3;2-3H,1,4-5,10H2,(H,11,12)/p+2. The molecule has 0 atom stereocenters. The topological polar surface area (TPSA) is 439 Å². The molecule has 500 valence electrons. The van der Waals surface area contributed by atoms with Gasteiger partial charge in [0.15, 0.2) is 59.3 Å². The Hall–Kier alpha value is -12.1. The lowest BCUT2D eigenvalue weighted by Crippen LogP contribution is -2.25. The number of nitrogens with zero attached hydrogens (tertiary/aromatic N) is 25. The molecule has 0 fully saturated rings. The summed E-state index contributed by atoms with van der Waals surface area (Å²) in [6, 6.07) is 14.2. The molecule has 0 aromatic carbocycles. The van der Waals surface area contributed by atoms with Gasteiger partial charge >= 0.3 is 0 Å². The number of nitrogens with two attached hydrogens (primary N) is 3. The zero-order valence-corrected chi connectivity index (χ0v) is 54.5. The van der Waals surface area contributed by atoms with Crippen LogP contribution < -0.4 is 54.1 Å². The molecule has 11 rings (SSSR count). The Kier molecular flexibility index (Phi) is 24.6. The fourth-order valence-electron chi connectivity index (χ4n) is 9.71. The number of imidazole rings is 1. The van der Waals surface area contributed by atoms with Gasteiger partial charge < -0.3 is 32.4 Å². The molecule has 10 aromatic heterocycles. The second-order valence-corrected chi connectivity index (χ2v) is 20.2. The monoisotopic (exact) mass is 1310 g/mol. The molecule has 0 aliphatic carbocycles. The van der Waals surface area contributed by atoms with Crippen molar-refractivity contribution in [1.82, 2.24) is 66.8 Å². The predicted octanol–water partition coefficient (Wildman–Crippen LogP) is 8.21. The molecule has 36 nitrogen and oxygen atoms in total. The molecule has 36 heteroatoms. The van der Waals surface area contributed by atoms with Gasteiger partial charge in [-0.1, -0.05) is 0 Å². The van der Waals surface area contributed by atoms with E-state index in [0.29, 0.717) is 105 Å². The average molecular weight is 1310 g/mol. The Balaban J connectivity index is 0.000000168. The number of aryl methyl sites for hydroxylation is 2. The van der Waals surface area contributed by atoms with Gasteiger partial charge in [0, 0.05) is 102 Å². The molecular formula is C59H79N29O7+2. The summed E-state index contributed by atoms with van der Waals surface area (Å²) in [7, 11) is 3.76. The molecule has 0 unspecified atom stereocenters. The molecule has 10 aromatic rings. The highest BCUT2D eigenvalue weighted by atomic mass is 16.3. The molecule has 9 N–H and O–H groups in total. The van der Waals surface area contributed by atoms with Crippen LogP contribution in [0.2, 0.25) is 0 Å². The van der Waals surface area contributed by atoms with E-state index in [9.17, 15) is 34.2 Å². The zero-order chi connectivity index (χ0) is 68.9. The summed E-state index contributed by atoms with van der Waals surface area (Å²) >= 11 is 0. The number of hydrogen-bond acceptors (Lipinski definition) is 23. The maximum Gasteiger partial charge on any atom is 0.298 e. The number of aromatic nitrogens is 16. The quantitative estimate of drug-likeness (QED) is 0.0349. The van der Waals surface area contributed by atoms with E-state index in [1.165, 1.54) is 24.9 Å². The van der Waals surface area contributed by atoms with Gasteiger partial charge in [-0.2, -0.15) is 0 Å². The number of aromatic hydroxyl groups is 2. The number of nitrogen functional groups attached to an aromatic ring is 3. The van der Waals surface area contributed by atoms with Crippen molar-refractivity contribution in [2.24, 2.45) is 65.2 Å². The fraction of sp³-hybridized carbons (Fsp3) is 0.356. The highest BCUT2D eigenvalue weighted by Crippen LogP contribution is 2.28. The zero-order valence-electron chi connectivity index (χ0n) is 54.5. The number of H-pyrrole nitrogens is 1. The summed E-state index contributed by atoms with van der Waals surface area (Å²) in [6.45, 7) is 20.6. The highest BCUT2D eigenvalue weighted by molar-refractivity contribution is 5.59. The minimum atomic E-state index is -0.352. The Bertz CT molecular complexity index is 4430. The number of azo groups is 5. The van der Waals surface area contributed by atoms with Crippen molar-refractivity contribution in [2.75, 3.05) is 17.2 Å². The van der Waals surface area contributed by atoms with E-state index in [2.05, 4.69) is 71.1 Å². The molecule has 0 saturated carbocycles. The maximum absolute atomic E-state index is 12.2. The van der Waals surface area contributed by atoms with E-state index < -0.39 is 0 Å². The van der Waals surface area contributed by atoms with Crippen LogP contribution in [0.4, 0.5) is 74.6 Å². The van der Waals surface area contributed by atoms with Gasteiger partial charge in [-0.05, 0) is 98.2 Å². The van der Waals surface area contributed by atoms with Gasteiger partial charge in [0.05, 0.1) is 12.4 Å². The van der Waals surface area contributed by atoms with Crippen LogP contribution >= 0.6 is 0 Å².